The maximum atomic E-state index is 13.5. The van der Waals surface area contributed by atoms with Crippen LogP contribution in [-0.4, -0.2) is 26.9 Å². The second-order valence-electron chi connectivity index (χ2n) is 8.38. The molecule has 0 spiro atoms. The number of hydrogen-bond acceptors (Lipinski definition) is 3. The number of nitrogens with one attached hydrogen (secondary N) is 1. The number of amides is 2. The molecule has 0 aliphatic carbocycles. The summed E-state index contributed by atoms with van der Waals surface area (Å²) >= 11 is 0. The molecule has 0 radical (unpaired) electrons. The SMILES string of the molecule is CCC1CC(=O)n2c3ccccc3c3c4c(c5c6ccccc6n1c5c32)C(=O)NC4=O. The van der Waals surface area contributed by atoms with Crippen LogP contribution in [0.15, 0.2) is 48.5 Å². The molecule has 6 heteroatoms. The van der Waals surface area contributed by atoms with Gasteiger partial charge in [0.1, 0.15) is 0 Å². The Balaban J connectivity index is 1.94. The summed E-state index contributed by atoms with van der Waals surface area (Å²) in [7, 11) is 0. The minimum absolute atomic E-state index is 0.0109. The molecule has 31 heavy (non-hydrogen) atoms. The van der Waals surface area contributed by atoms with E-state index in [4.69, 9.17) is 0 Å². The van der Waals surface area contributed by atoms with Gasteiger partial charge >= 0.3 is 0 Å². The Bertz CT molecular complexity index is 1690. The number of nitrogens with zero attached hydrogens (tertiary/aromatic N) is 2. The Kier molecular flexibility index (Phi) is 2.93. The summed E-state index contributed by atoms with van der Waals surface area (Å²) in [5, 5.41) is 5.71. The Labute approximate surface area is 176 Å². The van der Waals surface area contributed by atoms with E-state index < -0.39 is 5.91 Å². The number of hydrogen-bond donors (Lipinski definition) is 1. The van der Waals surface area contributed by atoms with Crippen molar-refractivity contribution in [1.29, 1.82) is 0 Å². The fourth-order valence-electron chi connectivity index (χ4n) is 5.75. The van der Waals surface area contributed by atoms with Crippen LogP contribution in [0.2, 0.25) is 0 Å². The molecular weight excluding hydrogens is 390 g/mol. The molecule has 0 fully saturated rings. The van der Waals surface area contributed by atoms with Crippen LogP contribution in [0.3, 0.4) is 0 Å². The maximum absolute atomic E-state index is 13.5. The van der Waals surface area contributed by atoms with Crippen LogP contribution in [0.25, 0.3) is 43.6 Å². The Morgan fingerprint density at radius 2 is 1.42 bits per heavy atom. The first-order chi connectivity index (χ1) is 15.1. The van der Waals surface area contributed by atoms with Crippen molar-refractivity contribution in [3.05, 3.63) is 59.7 Å². The van der Waals surface area contributed by atoms with Crippen LogP contribution in [0.5, 0.6) is 0 Å². The third kappa shape index (κ3) is 1.78. The molecule has 4 heterocycles. The molecule has 1 atom stereocenters. The molecule has 2 aliphatic heterocycles. The predicted molar refractivity (Wildman–Crippen MR) is 119 cm³/mol. The van der Waals surface area contributed by atoms with Crippen LogP contribution in [0, 0.1) is 0 Å². The molecule has 2 amide bonds. The molecule has 1 unspecified atom stereocenters. The standard InChI is InChI=1S/C25H17N3O3/c1-2-12-11-17(29)28-16-10-6-4-8-14(16)19-21-20(24(30)26-25(21)31)18-13-7-3-5-9-15(13)27(12)22(18)23(19)28/h3-10,12H,2,11H2,1H3,(H,26,30,31). The van der Waals surface area contributed by atoms with E-state index in [0.29, 0.717) is 22.9 Å². The van der Waals surface area contributed by atoms with Crippen molar-refractivity contribution in [2.45, 2.75) is 25.8 Å². The largest absolute Gasteiger partial charge is 0.335 e. The number of para-hydroxylation sites is 2. The fraction of sp³-hybridized carbons (Fsp3) is 0.160. The van der Waals surface area contributed by atoms with Crippen molar-refractivity contribution in [2.24, 2.45) is 0 Å². The highest BCUT2D eigenvalue weighted by atomic mass is 16.2. The first-order valence-electron chi connectivity index (χ1n) is 10.5. The van der Waals surface area contributed by atoms with Gasteiger partial charge in [-0.15, -0.1) is 0 Å². The van der Waals surface area contributed by atoms with Gasteiger partial charge in [0, 0.05) is 39.5 Å². The minimum atomic E-state index is -0.398. The highest BCUT2D eigenvalue weighted by Gasteiger charge is 2.39. The summed E-state index contributed by atoms with van der Waals surface area (Å²) in [5.74, 6) is -0.757. The van der Waals surface area contributed by atoms with E-state index in [2.05, 4.69) is 16.8 Å². The van der Waals surface area contributed by atoms with Gasteiger partial charge in [0.25, 0.3) is 11.8 Å². The van der Waals surface area contributed by atoms with E-state index in [9.17, 15) is 14.4 Å². The van der Waals surface area contributed by atoms with Gasteiger partial charge in [0.2, 0.25) is 5.91 Å². The van der Waals surface area contributed by atoms with E-state index in [1.54, 1.807) is 4.57 Å². The normalized spacial score (nSPS) is 18.0. The average Bonchev–Trinajstić information content (AvgIpc) is 3.36. The lowest BCUT2D eigenvalue weighted by molar-refractivity contribution is 0.0873. The Morgan fingerprint density at radius 3 is 2.10 bits per heavy atom. The molecule has 3 aromatic carbocycles. The zero-order valence-corrected chi connectivity index (χ0v) is 16.7. The van der Waals surface area contributed by atoms with Crippen molar-refractivity contribution in [2.75, 3.05) is 0 Å². The van der Waals surface area contributed by atoms with Crippen LogP contribution >= 0.6 is 0 Å². The molecule has 0 saturated heterocycles. The van der Waals surface area contributed by atoms with Gasteiger partial charge in [0.15, 0.2) is 0 Å². The topological polar surface area (TPSA) is 73.1 Å². The van der Waals surface area contributed by atoms with Gasteiger partial charge in [-0.05, 0) is 18.6 Å². The van der Waals surface area contributed by atoms with Gasteiger partial charge in [-0.25, -0.2) is 0 Å². The predicted octanol–water partition coefficient (Wildman–Crippen LogP) is 4.78. The summed E-state index contributed by atoms with van der Waals surface area (Å²) in [6, 6.07) is 15.6. The molecule has 6 nitrogen and oxygen atoms in total. The summed E-state index contributed by atoms with van der Waals surface area (Å²) in [4.78, 5) is 39.6. The lowest BCUT2D eigenvalue weighted by Crippen LogP contribution is -2.20. The van der Waals surface area contributed by atoms with Crippen molar-refractivity contribution < 1.29 is 14.4 Å². The van der Waals surface area contributed by atoms with E-state index in [1.807, 2.05) is 48.5 Å². The third-order valence-corrected chi connectivity index (χ3v) is 6.94. The summed E-state index contributed by atoms with van der Waals surface area (Å²) in [6.07, 6.45) is 1.14. The first kappa shape index (κ1) is 16.8. The molecule has 2 aliphatic rings. The highest BCUT2D eigenvalue weighted by molar-refractivity contribution is 6.40. The van der Waals surface area contributed by atoms with Gasteiger partial charge in [-0.2, -0.15) is 0 Å². The Morgan fingerprint density at radius 1 is 0.839 bits per heavy atom. The smallest absolute Gasteiger partial charge is 0.259 e. The lowest BCUT2D eigenvalue weighted by atomic mass is 9.96. The van der Waals surface area contributed by atoms with Crippen molar-refractivity contribution in [3.63, 3.8) is 0 Å². The van der Waals surface area contributed by atoms with Crippen molar-refractivity contribution in [3.8, 4) is 0 Å². The van der Waals surface area contributed by atoms with E-state index >= 15 is 0 Å². The molecule has 0 bridgehead atoms. The van der Waals surface area contributed by atoms with E-state index in [0.717, 1.165) is 44.6 Å². The number of fused-ring (bicyclic) bond motifs is 9. The molecule has 0 saturated carbocycles. The van der Waals surface area contributed by atoms with Crippen LogP contribution in [0.4, 0.5) is 0 Å². The molecular formula is C25H17N3O3. The van der Waals surface area contributed by atoms with Crippen LogP contribution in [0.1, 0.15) is 51.3 Å². The first-order valence-corrected chi connectivity index (χ1v) is 10.5. The number of aromatic nitrogens is 2. The minimum Gasteiger partial charge on any atom is -0.335 e. The zero-order chi connectivity index (χ0) is 21.0. The number of benzene rings is 3. The molecule has 150 valence electrons. The monoisotopic (exact) mass is 407 g/mol. The second-order valence-corrected chi connectivity index (χ2v) is 8.38. The zero-order valence-electron chi connectivity index (χ0n) is 16.7. The van der Waals surface area contributed by atoms with Crippen LogP contribution < -0.4 is 5.32 Å². The highest BCUT2D eigenvalue weighted by Crippen LogP contribution is 2.47. The number of rotatable bonds is 1. The summed E-state index contributed by atoms with van der Waals surface area (Å²) < 4.78 is 4.00. The Hall–Kier alpha value is -3.93. The third-order valence-electron chi connectivity index (χ3n) is 6.94. The van der Waals surface area contributed by atoms with Crippen molar-refractivity contribution in [1.82, 2.24) is 14.5 Å². The quantitative estimate of drug-likeness (QED) is 0.407. The van der Waals surface area contributed by atoms with Crippen LogP contribution in [-0.2, 0) is 0 Å². The summed E-state index contributed by atoms with van der Waals surface area (Å²) in [6.45, 7) is 2.08. The molecule has 7 rings (SSSR count). The fourth-order valence-corrected chi connectivity index (χ4v) is 5.75. The van der Waals surface area contributed by atoms with Gasteiger partial charge < -0.3 is 4.57 Å². The van der Waals surface area contributed by atoms with Gasteiger partial charge in [-0.1, -0.05) is 43.3 Å². The number of carbonyl (C=O) groups excluding carboxylic acids is 3. The number of carbonyl (C=O) groups is 3. The molecule has 2 aromatic heterocycles. The maximum Gasteiger partial charge on any atom is 0.259 e. The van der Waals surface area contributed by atoms with E-state index in [-0.39, 0.29) is 17.9 Å². The number of imide groups is 1. The second kappa shape index (κ2) is 5.40. The van der Waals surface area contributed by atoms with E-state index in [1.165, 1.54) is 0 Å². The average molecular weight is 407 g/mol. The van der Waals surface area contributed by atoms with Gasteiger partial charge in [0.05, 0.1) is 27.7 Å². The lowest BCUT2D eigenvalue weighted by Gasteiger charge is -2.17. The molecule has 1 N–H and O–H groups in total. The molecule has 5 aromatic rings. The van der Waals surface area contributed by atoms with Gasteiger partial charge in [-0.3, -0.25) is 24.3 Å². The van der Waals surface area contributed by atoms with Crippen molar-refractivity contribution >= 4 is 61.3 Å². The summed E-state index contributed by atoms with van der Waals surface area (Å²) in [5.41, 5.74) is 4.17.